The Bertz CT molecular complexity index is 1230. The lowest BCUT2D eigenvalue weighted by Crippen LogP contribution is -2.12. The Hall–Kier alpha value is -3.78. The van der Waals surface area contributed by atoms with Crippen molar-refractivity contribution in [1.82, 2.24) is 10.2 Å². The fourth-order valence-corrected chi connectivity index (χ4v) is 3.92. The van der Waals surface area contributed by atoms with E-state index in [2.05, 4.69) is 15.5 Å². The number of benzene rings is 3. The molecule has 4 aromatic rings. The smallest absolute Gasteiger partial charge is 0.255 e. The molecular weight excluding hydrogens is 414 g/mol. The summed E-state index contributed by atoms with van der Waals surface area (Å²) in [7, 11) is 0. The van der Waals surface area contributed by atoms with Crippen molar-refractivity contribution in [2.75, 3.05) is 12.1 Å². The first-order valence-electron chi connectivity index (χ1n) is 9.57. The van der Waals surface area contributed by atoms with Crippen LogP contribution in [0.15, 0.2) is 82.1 Å². The Morgan fingerprint density at radius 1 is 0.935 bits per heavy atom. The van der Waals surface area contributed by atoms with E-state index in [0.717, 1.165) is 10.5 Å². The molecule has 3 aromatic carbocycles. The maximum atomic E-state index is 12.7. The molecule has 0 fully saturated rings. The number of anilines is 1. The largest absolute Gasteiger partial charge is 0.454 e. The van der Waals surface area contributed by atoms with Gasteiger partial charge in [-0.25, -0.2) is 0 Å². The van der Waals surface area contributed by atoms with Gasteiger partial charge in [0, 0.05) is 16.0 Å². The second-order valence-electron chi connectivity index (χ2n) is 6.67. The Labute approximate surface area is 182 Å². The molecule has 0 radical (unpaired) electrons. The molecule has 31 heavy (non-hydrogen) atoms. The monoisotopic (exact) mass is 431 g/mol. The van der Waals surface area contributed by atoms with Crippen molar-refractivity contribution in [3.05, 3.63) is 84.3 Å². The molecule has 7 nitrogen and oxygen atoms in total. The van der Waals surface area contributed by atoms with Crippen LogP contribution in [0.25, 0.3) is 11.5 Å². The first kappa shape index (κ1) is 19.2. The zero-order valence-corrected chi connectivity index (χ0v) is 17.1. The predicted molar refractivity (Wildman–Crippen MR) is 116 cm³/mol. The van der Waals surface area contributed by atoms with Crippen LogP contribution in [0.3, 0.4) is 0 Å². The van der Waals surface area contributed by atoms with Crippen molar-refractivity contribution >= 4 is 23.4 Å². The van der Waals surface area contributed by atoms with Crippen molar-refractivity contribution in [3.8, 4) is 23.0 Å². The molecule has 154 valence electrons. The second-order valence-corrected chi connectivity index (χ2v) is 7.69. The number of carbonyl (C=O) groups excluding carboxylic acids is 1. The average molecular weight is 431 g/mol. The number of rotatable bonds is 6. The molecule has 0 aliphatic carbocycles. The van der Waals surface area contributed by atoms with Gasteiger partial charge in [0.15, 0.2) is 11.5 Å². The third kappa shape index (κ3) is 4.24. The van der Waals surface area contributed by atoms with Gasteiger partial charge < -0.3 is 19.2 Å². The first-order chi connectivity index (χ1) is 15.3. The number of thioether (sulfide) groups is 1. The van der Waals surface area contributed by atoms with Gasteiger partial charge >= 0.3 is 0 Å². The number of hydrogen-bond acceptors (Lipinski definition) is 7. The van der Waals surface area contributed by atoms with Crippen molar-refractivity contribution in [2.45, 2.75) is 10.6 Å². The summed E-state index contributed by atoms with van der Waals surface area (Å²) in [5, 5.41) is 11.2. The number of ether oxygens (including phenoxy) is 2. The molecule has 1 N–H and O–H groups in total. The second kappa shape index (κ2) is 8.53. The van der Waals surface area contributed by atoms with Crippen LogP contribution >= 0.6 is 11.8 Å². The third-order valence-corrected chi connectivity index (χ3v) is 5.67. The summed E-state index contributed by atoms with van der Waals surface area (Å²) >= 11 is 1.51. The number of para-hydroxylation sites is 1. The summed E-state index contributed by atoms with van der Waals surface area (Å²) in [4.78, 5) is 13.6. The molecule has 0 spiro atoms. The number of aromatic nitrogens is 2. The van der Waals surface area contributed by atoms with Crippen LogP contribution in [-0.2, 0) is 5.75 Å². The van der Waals surface area contributed by atoms with Gasteiger partial charge in [0.2, 0.25) is 18.6 Å². The summed E-state index contributed by atoms with van der Waals surface area (Å²) in [6, 6.07) is 22.3. The number of amides is 1. The summed E-state index contributed by atoms with van der Waals surface area (Å²) in [5.74, 6) is 2.47. The lowest BCUT2D eigenvalue weighted by atomic mass is 10.2. The summed E-state index contributed by atoms with van der Waals surface area (Å²) < 4.78 is 16.4. The molecule has 1 aromatic heterocycles. The van der Waals surface area contributed by atoms with Crippen LogP contribution in [-0.4, -0.2) is 22.9 Å². The van der Waals surface area contributed by atoms with Gasteiger partial charge in [-0.1, -0.05) is 30.3 Å². The highest BCUT2D eigenvalue weighted by Crippen LogP contribution is 2.34. The third-order valence-electron chi connectivity index (χ3n) is 4.61. The van der Waals surface area contributed by atoms with Crippen LogP contribution in [0, 0.1) is 0 Å². The SMILES string of the molecule is O=C(Nc1ccccc1SCc1nnc(-c2ccccc2)o1)c1ccc2c(c1)OCO2. The highest BCUT2D eigenvalue weighted by Gasteiger charge is 2.17. The average Bonchev–Trinajstić information content (AvgIpc) is 3.48. The van der Waals surface area contributed by atoms with E-state index in [0.29, 0.717) is 40.3 Å². The number of nitrogens with one attached hydrogen (secondary N) is 1. The van der Waals surface area contributed by atoms with Crippen LogP contribution < -0.4 is 14.8 Å². The highest BCUT2D eigenvalue weighted by molar-refractivity contribution is 7.98. The molecule has 1 aliphatic heterocycles. The van der Waals surface area contributed by atoms with Gasteiger partial charge in [-0.3, -0.25) is 4.79 Å². The standard InChI is InChI=1S/C23H17N3O4S/c27-22(16-10-11-18-19(12-16)29-14-28-18)24-17-8-4-5-9-20(17)31-13-21-25-26-23(30-21)15-6-2-1-3-7-15/h1-12H,13-14H2,(H,24,27). The minimum absolute atomic E-state index is 0.168. The van der Waals surface area contributed by atoms with Crippen molar-refractivity contribution in [2.24, 2.45) is 0 Å². The maximum absolute atomic E-state index is 12.7. The van der Waals surface area contributed by atoms with Gasteiger partial charge in [-0.2, -0.15) is 0 Å². The molecule has 1 aliphatic rings. The molecule has 2 heterocycles. The van der Waals surface area contributed by atoms with Crippen molar-refractivity contribution < 1.29 is 18.7 Å². The van der Waals surface area contributed by atoms with E-state index in [1.165, 1.54) is 11.8 Å². The van der Waals surface area contributed by atoms with E-state index >= 15 is 0 Å². The topological polar surface area (TPSA) is 86.5 Å². The van der Waals surface area contributed by atoms with Gasteiger partial charge in [0.25, 0.3) is 5.91 Å². The Kier molecular flexibility index (Phi) is 5.28. The normalized spacial score (nSPS) is 12.0. The summed E-state index contributed by atoms with van der Waals surface area (Å²) in [6.45, 7) is 0.168. The highest BCUT2D eigenvalue weighted by atomic mass is 32.2. The molecule has 8 heteroatoms. The molecule has 0 saturated carbocycles. The lowest BCUT2D eigenvalue weighted by molar-refractivity contribution is 0.102. The molecular formula is C23H17N3O4S. The molecule has 0 atom stereocenters. The Morgan fingerprint density at radius 2 is 1.74 bits per heavy atom. The fraction of sp³-hybridized carbons (Fsp3) is 0.0870. The minimum Gasteiger partial charge on any atom is -0.454 e. The molecule has 0 bridgehead atoms. The maximum Gasteiger partial charge on any atom is 0.255 e. The molecule has 0 unspecified atom stereocenters. The summed E-state index contributed by atoms with van der Waals surface area (Å²) in [6.07, 6.45) is 0. The zero-order chi connectivity index (χ0) is 21.0. The van der Waals surface area contributed by atoms with Gasteiger partial charge in [0.05, 0.1) is 11.4 Å². The number of fused-ring (bicyclic) bond motifs is 1. The van der Waals surface area contributed by atoms with E-state index < -0.39 is 0 Å². The van der Waals surface area contributed by atoms with Crippen LogP contribution in [0.5, 0.6) is 11.5 Å². The molecule has 1 amide bonds. The number of nitrogens with zero attached hydrogens (tertiary/aromatic N) is 2. The molecule has 5 rings (SSSR count). The van der Waals surface area contributed by atoms with E-state index in [-0.39, 0.29) is 12.7 Å². The quantitative estimate of drug-likeness (QED) is 0.430. The van der Waals surface area contributed by atoms with Gasteiger partial charge in [-0.15, -0.1) is 22.0 Å². The van der Waals surface area contributed by atoms with E-state index in [9.17, 15) is 4.79 Å². The number of hydrogen-bond donors (Lipinski definition) is 1. The fourth-order valence-electron chi connectivity index (χ4n) is 3.08. The predicted octanol–water partition coefficient (Wildman–Crippen LogP) is 5.01. The zero-order valence-electron chi connectivity index (χ0n) is 16.3. The van der Waals surface area contributed by atoms with Gasteiger partial charge in [0.1, 0.15) is 0 Å². The van der Waals surface area contributed by atoms with E-state index in [4.69, 9.17) is 13.9 Å². The van der Waals surface area contributed by atoms with E-state index in [1.54, 1.807) is 18.2 Å². The minimum atomic E-state index is -0.226. The van der Waals surface area contributed by atoms with Crippen LogP contribution in [0.4, 0.5) is 5.69 Å². The number of carbonyl (C=O) groups is 1. The van der Waals surface area contributed by atoms with Gasteiger partial charge in [-0.05, 0) is 42.5 Å². The lowest BCUT2D eigenvalue weighted by Gasteiger charge is -2.10. The first-order valence-corrected chi connectivity index (χ1v) is 10.6. The van der Waals surface area contributed by atoms with Crippen LogP contribution in [0.1, 0.15) is 16.2 Å². The Balaban J connectivity index is 1.27. The van der Waals surface area contributed by atoms with Crippen LogP contribution in [0.2, 0.25) is 0 Å². The molecule has 0 saturated heterocycles. The summed E-state index contributed by atoms with van der Waals surface area (Å²) in [5.41, 5.74) is 2.08. The van der Waals surface area contributed by atoms with E-state index in [1.807, 2.05) is 54.6 Å². The van der Waals surface area contributed by atoms with Crippen molar-refractivity contribution in [3.63, 3.8) is 0 Å². The Morgan fingerprint density at radius 3 is 2.65 bits per heavy atom. The van der Waals surface area contributed by atoms with Crippen molar-refractivity contribution in [1.29, 1.82) is 0 Å².